The van der Waals surface area contributed by atoms with E-state index in [9.17, 15) is 9.59 Å². The zero-order valence-electron chi connectivity index (χ0n) is 26.0. The van der Waals surface area contributed by atoms with Crippen molar-refractivity contribution in [2.24, 2.45) is 0 Å². The SMILES string of the molecule is CCCCCCCCCN(C)CCOC(=O)Nc1ccc(NC(=O)OCCN(C)CCCCCCCCC)cc1. The van der Waals surface area contributed by atoms with Crippen LogP contribution in [0.25, 0.3) is 0 Å². The van der Waals surface area contributed by atoms with Crippen LogP contribution in [0.4, 0.5) is 21.0 Å². The van der Waals surface area contributed by atoms with Gasteiger partial charge in [-0.15, -0.1) is 0 Å². The second-order valence-corrected chi connectivity index (χ2v) is 10.9. The van der Waals surface area contributed by atoms with E-state index in [0.717, 1.165) is 13.1 Å². The Hall–Kier alpha value is -2.32. The maximum Gasteiger partial charge on any atom is 0.411 e. The van der Waals surface area contributed by atoms with Gasteiger partial charge >= 0.3 is 12.2 Å². The first-order chi connectivity index (χ1) is 19.4. The monoisotopic (exact) mass is 562 g/mol. The Balaban J connectivity index is 2.11. The van der Waals surface area contributed by atoms with Crippen molar-refractivity contribution in [1.82, 2.24) is 9.80 Å². The summed E-state index contributed by atoms with van der Waals surface area (Å²) in [5, 5.41) is 5.45. The number of benzene rings is 1. The van der Waals surface area contributed by atoms with Crippen LogP contribution in [0.2, 0.25) is 0 Å². The fourth-order valence-electron chi connectivity index (χ4n) is 4.43. The predicted molar refractivity (Wildman–Crippen MR) is 167 cm³/mol. The number of hydrogen-bond donors (Lipinski definition) is 2. The van der Waals surface area contributed by atoms with E-state index in [4.69, 9.17) is 9.47 Å². The zero-order chi connectivity index (χ0) is 29.3. The first-order valence-electron chi connectivity index (χ1n) is 15.8. The molecule has 0 fully saturated rings. The summed E-state index contributed by atoms with van der Waals surface area (Å²) < 4.78 is 10.6. The molecule has 0 saturated carbocycles. The summed E-state index contributed by atoms with van der Waals surface area (Å²) >= 11 is 0. The van der Waals surface area contributed by atoms with E-state index in [2.05, 4.69) is 48.4 Å². The van der Waals surface area contributed by atoms with Gasteiger partial charge in [0.05, 0.1) is 0 Å². The smallest absolute Gasteiger partial charge is 0.411 e. The van der Waals surface area contributed by atoms with E-state index >= 15 is 0 Å². The van der Waals surface area contributed by atoms with Crippen molar-refractivity contribution >= 4 is 23.6 Å². The summed E-state index contributed by atoms with van der Waals surface area (Å²) in [6.45, 7) is 8.63. The normalized spacial score (nSPS) is 11.2. The van der Waals surface area contributed by atoms with E-state index in [1.54, 1.807) is 24.3 Å². The molecule has 0 heterocycles. The number of unbranched alkanes of at least 4 members (excludes halogenated alkanes) is 12. The maximum atomic E-state index is 12.1. The van der Waals surface area contributed by atoms with Crippen LogP contribution < -0.4 is 10.6 Å². The summed E-state index contributed by atoms with van der Waals surface area (Å²) in [4.78, 5) is 28.6. The van der Waals surface area contributed by atoms with Crippen molar-refractivity contribution in [3.05, 3.63) is 24.3 Å². The highest BCUT2D eigenvalue weighted by atomic mass is 16.6. The van der Waals surface area contributed by atoms with Crippen LogP contribution in [-0.2, 0) is 9.47 Å². The number of amides is 2. The van der Waals surface area contributed by atoms with Gasteiger partial charge in [-0.25, -0.2) is 9.59 Å². The van der Waals surface area contributed by atoms with Crippen LogP contribution in [0.15, 0.2) is 24.3 Å². The van der Waals surface area contributed by atoms with Crippen molar-refractivity contribution in [2.75, 3.05) is 64.1 Å². The number of hydrogen-bond acceptors (Lipinski definition) is 6. The standard InChI is InChI=1S/C32H58N4O4/c1-5-7-9-11-13-15-17-23-35(3)25-27-39-31(37)33-29-19-21-30(22-20-29)34-32(38)40-28-26-36(4)24-18-16-14-12-10-8-6-2/h19-22H,5-18,23-28H2,1-4H3,(H,33,37)(H,34,38). The molecular formula is C32H58N4O4. The van der Waals surface area contributed by atoms with Gasteiger partial charge in [0.15, 0.2) is 0 Å². The summed E-state index contributed by atoms with van der Waals surface area (Å²) in [5.74, 6) is 0. The molecule has 0 atom stereocenters. The maximum absolute atomic E-state index is 12.1. The van der Waals surface area contributed by atoms with Crippen molar-refractivity contribution in [3.8, 4) is 0 Å². The Morgan fingerprint density at radius 2 is 0.875 bits per heavy atom. The third kappa shape index (κ3) is 20.6. The summed E-state index contributed by atoms with van der Waals surface area (Å²) in [5.41, 5.74) is 1.21. The van der Waals surface area contributed by atoms with Crippen molar-refractivity contribution in [3.63, 3.8) is 0 Å². The molecule has 2 N–H and O–H groups in total. The molecule has 8 heteroatoms. The minimum Gasteiger partial charge on any atom is -0.448 e. The number of carbonyl (C=O) groups is 2. The van der Waals surface area contributed by atoms with Gasteiger partial charge in [-0.1, -0.05) is 90.9 Å². The molecule has 0 radical (unpaired) electrons. The molecule has 0 aromatic heterocycles. The van der Waals surface area contributed by atoms with E-state index in [-0.39, 0.29) is 0 Å². The molecule has 1 aromatic carbocycles. The molecule has 1 rings (SSSR count). The van der Waals surface area contributed by atoms with Gasteiger partial charge in [-0.05, 0) is 64.3 Å². The summed E-state index contributed by atoms with van der Waals surface area (Å²) in [6.07, 6.45) is 17.1. The largest absolute Gasteiger partial charge is 0.448 e. The minimum absolute atomic E-state index is 0.346. The number of carbonyl (C=O) groups excluding carboxylic acids is 2. The lowest BCUT2D eigenvalue weighted by Gasteiger charge is -2.17. The number of nitrogens with one attached hydrogen (secondary N) is 2. The van der Waals surface area contributed by atoms with Crippen LogP contribution in [0.3, 0.4) is 0 Å². The predicted octanol–water partition coefficient (Wildman–Crippen LogP) is 8.15. The number of nitrogens with zero attached hydrogens (tertiary/aromatic N) is 2. The highest BCUT2D eigenvalue weighted by molar-refractivity contribution is 5.87. The van der Waals surface area contributed by atoms with Gasteiger partial charge in [0, 0.05) is 24.5 Å². The van der Waals surface area contributed by atoms with Gasteiger partial charge in [0.1, 0.15) is 13.2 Å². The molecule has 0 aliphatic rings. The second-order valence-electron chi connectivity index (χ2n) is 10.9. The average Bonchev–Trinajstić information content (AvgIpc) is 2.93. The van der Waals surface area contributed by atoms with Crippen molar-refractivity contribution < 1.29 is 19.1 Å². The molecule has 0 aliphatic heterocycles. The molecule has 230 valence electrons. The minimum atomic E-state index is -0.481. The van der Waals surface area contributed by atoms with E-state index in [0.29, 0.717) is 37.7 Å². The van der Waals surface area contributed by atoms with Crippen molar-refractivity contribution in [2.45, 2.75) is 104 Å². The molecule has 0 aliphatic carbocycles. The van der Waals surface area contributed by atoms with Gasteiger partial charge < -0.3 is 19.3 Å². The Labute approximate surface area is 244 Å². The molecule has 0 bridgehead atoms. The van der Waals surface area contributed by atoms with Gasteiger partial charge in [-0.2, -0.15) is 0 Å². The lowest BCUT2D eigenvalue weighted by Crippen LogP contribution is -2.26. The molecule has 0 spiro atoms. The van der Waals surface area contributed by atoms with Crippen LogP contribution in [0.1, 0.15) is 104 Å². The van der Waals surface area contributed by atoms with E-state index in [1.807, 2.05) is 0 Å². The van der Waals surface area contributed by atoms with Crippen LogP contribution in [-0.4, -0.2) is 75.5 Å². The zero-order valence-corrected chi connectivity index (χ0v) is 26.0. The fourth-order valence-corrected chi connectivity index (χ4v) is 4.43. The van der Waals surface area contributed by atoms with Gasteiger partial charge in [-0.3, -0.25) is 10.6 Å². The lowest BCUT2D eigenvalue weighted by atomic mass is 10.1. The number of likely N-dealkylation sites (N-methyl/N-ethyl adjacent to an activating group) is 2. The number of ether oxygens (including phenoxy) is 2. The Morgan fingerprint density at radius 3 is 1.23 bits per heavy atom. The average molecular weight is 563 g/mol. The third-order valence-electron chi connectivity index (χ3n) is 7.08. The third-order valence-corrected chi connectivity index (χ3v) is 7.08. The Bertz CT molecular complexity index is 697. The van der Waals surface area contributed by atoms with Crippen LogP contribution in [0.5, 0.6) is 0 Å². The molecular weight excluding hydrogens is 504 g/mol. The van der Waals surface area contributed by atoms with E-state index < -0.39 is 12.2 Å². The molecule has 0 unspecified atom stereocenters. The quantitative estimate of drug-likeness (QED) is 0.124. The molecule has 8 nitrogen and oxygen atoms in total. The topological polar surface area (TPSA) is 83.1 Å². The first kappa shape index (κ1) is 35.7. The first-order valence-corrected chi connectivity index (χ1v) is 15.8. The molecule has 2 amide bonds. The Morgan fingerprint density at radius 1 is 0.550 bits per heavy atom. The van der Waals surface area contributed by atoms with Gasteiger partial charge in [0.2, 0.25) is 0 Å². The fraction of sp³-hybridized carbons (Fsp3) is 0.750. The summed E-state index contributed by atoms with van der Waals surface area (Å²) in [7, 11) is 4.12. The second kappa shape index (κ2) is 24.5. The lowest BCUT2D eigenvalue weighted by molar-refractivity contribution is 0.145. The molecule has 1 aromatic rings. The molecule has 40 heavy (non-hydrogen) atoms. The van der Waals surface area contributed by atoms with E-state index in [1.165, 1.54) is 89.9 Å². The van der Waals surface area contributed by atoms with Crippen LogP contribution in [0, 0.1) is 0 Å². The number of rotatable bonds is 24. The molecule has 0 saturated heterocycles. The highest BCUT2D eigenvalue weighted by Gasteiger charge is 2.07. The van der Waals surface area contributed by atoms with Gasteiger partial charge in [0.25, 0.3) is 0 Å². The van der Waals surface area contributed by atoms with Crippen LogP contribution >= 0.6 is 0 Å². The Kier molecular flexibility index (Phi) is 21.8. The van der Waals surface area contributed by atoms with Crippen molar-refractivity contribution in [1.29, 1.82) is 0 Å². The summed E-state index contributed by atoms with van der Waals surface area (Å²) in [6, 6.07) is 6.89. The number of anilines is 2. The highest BCUT2D eigenvalue weighted by Crippen LogP contribution is 2.14.